The van der Waals surface area contributed by atoms with Gasteiger partial charge in [0.05, 0.1) is 6.10 Å². The molecule has 1 N–H and O–H groups in total. The van der Waals surface area contributed by atoms with Crippen LogP contribution in [-0.4, -0.2) is 10.1 Å². The van der Waals surface area contributed by atoms with E-state index in [-0.39, 0.29) is 6.10 Å². The maximum atomic E-state index is 10.2. The van der Waals surface area contributed by atoms with Crippen molar-refractivity contribution in [3.8, 4) is 0 Å². The second-order valence-electron chi connectivity index (χ2n) is 4.56. The third-order valence-corrected chi connectivity index (χ3v) is 3.34. The Morgan fingerprint density at radius 2 is 1.81 bits per heavy atom. The fraction of sp³-hybridized carbons (Fsp3) is 0.643. The van der Waals surface area contributed by atoms with E-state index >= 15 is 0 Å². The van der Waals surface area contributed by atoms with Crippen LogP contribution in [0.2, 0.25) is 0 Å². The lowest BCUT2D eigenvalue weighted by molar-refractivity contribution is 0.140. The van der Waals surface area contributed by atoms with E-state index in [9.17, 15) is 5.11 Å². The third-order valence-electron chi connectivity index (χ3n) is 3.34. The first kappa shape index (κ1) is 13.2. The predicted molar refractivity (Wildman–Crippen MR) is 67.4 cm³/mol. The first-order chi connectivity index (χ1) is 7.58. The normalized spacial score (nSPS) is 13.1. The van der Waals surface area contributed by atoms with Crippen LogP contribution < -0.4 is 0 Å². The lowest BCUT2D eigenvalue weighted by Gasteiger charge is -2.19. The lowest BCUT2D eigenvalue weighted by Crippen LogP contribution is -2.08. The van der Waals surface area contributed by atoms with Crippen molar-refractivity contribution in [2.75, 3.05) is 0 Å². The SMILES string of the molecule is CCC(CC)CC(O)c1ccc(C)nc1C. The number of aliphatic hydroxyl groups is 1. The van der Waals surface area contributed by atoms with Gasteiger partial charge in [0.15, 0.2) is 0 Å². The summed E-state index contributed by atoms with van der Waals surface area (Å²) in [5, 5.41) is 10.2. The van der Waals surface area contributed by atoms with Crippen molar-refractivity contribution in [3.63, 3.8) is 0 Å². The monoisotopic (exact) mass is 221 g/mol. The molecule has 1 atom stereocenters. The summed E-state index contributed by atoms with van der Waals surface area (Å²) in [6, 6.07) is 3.98. The van der Waals surface area contributed by atoms with Crippen molar-refractivity contribution < 1.29 is 5.11 Å². The van der Waals surface area contributed by atoms with Crippen molar-refractivity contribution in [1.29, 1.82) is 0 Å². The van der Waals surface area contributed by atoms with Gasteiger partial charge >= 0.3 is 0 Å². The van der Waals surface area contributed by atoms with Crippen LogP contribution in [0.15, 0.2) is 12.1 Å². The first-order valence-electron chi connectivity index (χ1n) is 6.20. The van der Waals surface area contributed by atoms with Crippen molar-refractivity contribution in [2.45, 2.75) is 53.1 Å². The number of nitrogens with zero attached hydrogens (tertiary/aromatic N) is 1. The van der Waals surface area contributed by atoms with Crippen LogP contribution in [0.4, 0.5) is 0 Å². The van der Waals surface area contributed by atoms with E-state index in [0.29, 0.717) is 5.92 Å². The van der Waals surface area contributed by atoms with E-state index in [4.69, 9.17) is 0 Å². The minimum absolute atomic E-state index is 0.363. The second-order valence-corrected chi connectivity index (χ2v) is 4.56. The molecule has 1 aromatic heterocycles. The highest BCUT2D eigenvalue weighted by Gasteiger charge is 2.15. The van der Waals surface area contributed by atoms with Gasteiger partial charge in [-0.15, -0.1) is 0 Å². The summed E-state index contributed by atoms with van der Waals surface area (Å²) in [4.78, 5) is 4.39. The number of aryl methyl sites for hydroxylation is 2. The quantitative estimate of drug-likeness (QED) is 0.824. The molecule has 0 saturated heterocycles. The minimum atomic E-state index is -0.363. The molecule has 0 radical (unpaired) electrons. The van der Waals surface area contributed by atoms with Crippen LogP contribution in [0.5, 0.6) is 0 Å². The number of hydrogen-bond acceptors (Lipinski definition) is 2. The summed E-state index contributed by atoms with van der Waals surface area (Å²) >= 11 is 0. The van der Waals surface area contributed by atoms with Crippen molar-refractivity contribution >= 4 is 0 Å². The summed E-state index contributed by atoms with van der Waals surface area (Å²) in [6.07, 6.45) is 2.74. The number of pyridine rings is 1. The summed E-state index contributed by atoms with van der Waals surface area (Å²) in [6.45, 7) is 8.31. The molecule has 0 aliphatic rings. The Balaban J connectivity index is 2.76. The van der Waals surface area contributed by atoms with Gasteiger partial charge in [-0.2, -0.15) is 0 Å². The maximum Gasteiger partial charge on any atom is 0.0810 e. The summed E-state index contributed by atoms with van der Waals surface area (Å²) in [7, 11) is 0. The molecular formula is C14H23NO. The Bertz CT molecular complexity index is 332. The number of rotatable bonds is 5. The maximum absolute atomic E-state index is 10.2. The van der Waals surface area contributed by atoms with Gasteiger partial charge in [-0.05, 0) is 32.3 Å². The summed E-state index contributed by atoms with van der Waals surface area (Å²) in [5.74, 6) is 0.607. The molecule has 1 heterocycles. The van der Waals surface area contributed by atoms with Gasteiger partial charge in [-0.1, -0.05) is 32.8 Å². The Labute approximate surface area is 98.7 Å². The van der Waals surface area contributed by atoms with Gasteiger partial charge in [0.1, 0.15) is 0 Å². The number of aliphatic hydroxyl groups excluding tert-OH is 1. The highest BCUT2D eigenvalue weighted by molar-refractivity contribution is 5.23. The molecule has 0 aromatic carbocycles. The Morgan fingerprint density at radius 3 is 2.31 bits per heavy atom. The zero-order chi connectivity index (χ0) is 12.1. The molecule has 90 valence electrons. The summed E-state index contributed by atoms with van der Waals surface area (Å²) < 4.78 is 0. The third kappa shape index (κ3) is 3.31. The Hall–Kier alpha value is -0.890. The van der Waals surface area contributed by atoms with Gasteiger partial charge in [-0.25, -0.2) is 0 Å². The highest BCUT2D eigenvalue weighted by Crippen LogP contribution is 2.26. The Kier molecular flexibility index (Phi) is 4.94. The van der Waals surface area contributed by atoms with E-state index in [1.54, 1.807) is 0 Å². The van der Waals surface area contributed by atoms with E-state index < -0.39 is 0 Å². The van der Waals surface area contributed by atoms with E-state index in [2.05, 4.69) is 18.8 Å². The zero-order valence-electron chi connectivity index (χ0n) is 10.8. The average molecular weight is 221 g/mol. The minimum Gasteiger partial charge on any atom is -0.388 e. The van der Waals surface area contributed by atoms with Crippen LogP contribution in [-0.2, 0) is 0 Å². The van der Waals surface area contributed by atoms with E-state index in [1.807, 2.05) is 26.0 Å². The molecule has 0 spiro atoms. The van der Waals surface area contributed by atoms with Crippen molar-refractivity contribution in [2.24, 2.45) is 5.92 Å². The standard InChI is InChI=1S/C14H23NO/c1-5-12(6-2)9-14(16)13-8-7-10(3)15-11(13)4/h7-8,12,14,16H,5-6,9H2,1-4H3. The molecule has 0 aliphatic carbocycles. The molecule has 2 nitrogen and oxygen atoms in total. The molecule has 16 heavy (non-hydrogen) atoms. The molecule has 1 rings (SSSR count). The predicted octanol–water partition coefficient (Wildman–Crippen LogP) is 3.56. The van der Waals surface area contributed by atoms with Crippen molar-refractivity contribution in [1.82, 2.24) is 4.98 Å². The van der Waals surface area contributed by atoms with Gasteiger partial charge in [-0.3, -0.25) is 4.98 Å². The van der Waals surface area contributed by atoms with Crippen LogP contribution in [0, 0.1) is 19.8 Å². The van der Waals surface area contributed by atoms with Gasteiger partial charge < -0.3 is 5.11 Å². The van der Waals surface area contributed by atoms with Crippen LogP contribution in [0.25, 0.3) is 0 Å². The van der Waals surface area contributed by atoms with Gasteiger partial charge in [0, 0.05) is 17.0 Å². The summed E-state index contributed by atoms with van der Waals surface area (Å²) in [5.41, 5.74) is 2.95. The fourth-order valence-electron chi connectivity index (χ4n) is 2.11. The fourth-order valence-corrected chi connectivity index (χ4v) is 2.11. The smallest absolute Gasteiger partial charge is 0.0810 e. The largest absolute Gasteiger partial charge is 0.388 e. The lowest BCUT2D eigenvalue weighted by atomic mass is 9.92. The number of hydrogen-bond donors (Lipinski definition) is 1. The molecule has 0 aliphatic heterocycles. The van der Waals surface area contributed by atoms with Gasteiger partial charge in [0.25, 0.3) is 0 Å². The topological polar surface area (TPSA) is 33.1 Å². The molecular weight excluding hydrogens is 198 g/mol. The van der Waals surface area contributed by atoms with E-state index in [1.165, 1.54) is 0 Å². The highest BCUT2D eigenvalue weighted by atomic mass is 16.3. The Morgan fingerprint density at radius 1 is 1.19 bits per heavy atom. The average Bonchev–Trinajstić information content (AvgIpc) is 2.25. The number of aromatic nitrogens is 1. The molecule has 2 heteroatoms. The van der Waals surface area contributed by atoms with Crippen molar-refractivity contribution in [3.05, 3.63) is 29.1 Å². The molecule has 0 fully saturated rings. The van der Waals surface area contributed by atoms with Crippen LogP contribution in [0.3, 0.4) is 0 Å². The molecule has 0 bridgehead atoms. The molecule has 1 aromatic rings. The van der Waals surface area contributed by atoms with Gasteiger partial charge in [0.2, 0.25) is 0 Å². The van der Waals surface area contributed by atoms with Crippen LogP contribution >= 0.6 is 0 Å². The molecule has 1 unspecified atom stereocenters. The molecule has 0 saturated carbocycles. The molecule has 0 amide bonds. The first-order valence-corrected chi connectivity index (χ1v) is 6.20. The van der Waals surface area contributed by atoms with Crippen LogP contribution in [0.1, 0.15) is 56.2 Å². The second kappa shape index (κ2) is 6.00. The zero-order valence-corrected chi connectivity index (χ0v) is 10.8. The van der Waals surface area contributed by atoms with E-state index in [0.717, 1.165) is 36.2 Å².